The van der Waals surface area contributed by atoms with E-state index in [1.54, 1.807) is 66.7 Å². The monoisotopic (exact) mass is 1070 g/mol. The molecule has 5 aromatic rings. The molecule has 0 bridgehead atoms. The molecule has 1 heterocycles. The Labute approximate surface area is 456 Å². The van der Waals surface area contributed by atoms with Crippen LogP contribution in [-0.2, 0) is 28.7 Å². The maximum Gasteiger partial charge on any atom is 0.338 e. The topological polar surface area (TPSA) is 171 Å². The van der Waals surface area contributed by atoms with Gasteiger partial charge in [-0.2, -0.15) is 0 Å². The lowest BCUT2D eigenvalue weighted by Crippen LogP contribution is -2.30. The van der Waals surface area contributed by atoms with Crippen molar-refractivity contribution in [3.63, 3.8) is 0 Å². The van der Waals surface area contributed by atoms with Crippen molar-refractivity contribution >= 4 is 57.4 Å². The summed E-state index contributed by atoms with van der Waals surface area (Å²) in [4.78, 5) is 84.3. The molecule has 14 heteroatoms. The number of aromatic nitrogens is 1. The number of nitrogens with zero attached hydrogens (tertiary/aromatic N) is 1. The van der Waals surface area contributed by atoms with Crippen LogP contribution in [0.4, 0.5) is 0 Å². The van der Waals surface area contributed by atoms with Gasteiger partial charge in [0.15, 0.2) is 0 Å². The number of unbranched alkanes of at least 4 members (excludes halogenated alkanes) is 2. The van der Waals surface area contributed by atoms with Crippen molar-refractivity contribution in [1.29, 1.82) is 0 Å². The molecule has 4 aliphatic carbocycles. The molecule has 0 amide bonds. The zero-order valence-electron chi connectivity index (χ0n) is 44.6. The lowest BCUT2D eigenvalue weighted by molar-refractivity contribution is -0.141. The molecule has 1 aromatic heterocycles. The zero-order valence-corrected chi connectivity index (χ0v) is 45.4. The highest BCUT2D eigenvalue weighted by atomic mass is 32.1. The molecule has 4 aliphatic rings. The van der Waals surface area contributed by atoms with Crippen LogP contribution < -0.4 is 18.9 Å². The van der Waals surface area contributed by atoms with Crippen molar-refractivity contribution in [3.05, 3.63) is 102 Å². The number of fused-ring (bicyclic) bond motifs is 1. The number of ether oxygens (including phenoxy) is 6. The molecule has 0 unspecified atom stereocenters. The summed E-state index contributed by atoms with van der Waals surface area (Å²) in [7, 11) is 0. The van der Waals surface area contributed by atoms with Crippen molar-refractivity contribution in [3.8, 4) is 33.6 Å². The predicted molar refractivity (Wildman–Crippen MR) is 293 cm³/mol. The number of carbonyl (C=O) groups is 6. The van der Waals surface area contributed by atoms with Crippen molar-refractivity contribution in [2.24, 2.45) is 35.5 Å². The number of rotatable bonds is 19. The summed E-state index contributed by atoms with van der Waals surface area (Å²) in [5.74, 6) is -0.398. The second kappa shape index (κ2) is 26.8. The minimum absolute atomic E-state index is 0.0928. The van der Waals surface area contributed by atoms with Gasteiger partial charge in [-0.3, -0.25) is 19.2 Å². The molecular formula is C63H73NO12S. The molecule has 13 nitrogen and oxygen atoms in total. The van der Waals surface area contributed by atoms with Gasteiger partial charge in [-0.05, 0) is 193 Å². The zero-order chi connectivity index (χ0) is 53.7. The van der Waals surface area contributed by atoms with Crippen LogP contribution in [0.1, 0.15) is 176 Å². The number of para-hydroxylation sites is 1. The third kappa shape index (κ3) is 15.0. The molecular weight excluding hydrogens is 995 g/mol. The van der Waals surface area contributed by atoms with E-state index in [4.69, 9.17) is 33.4 Å². The van der Waals surface area contributed by atoms with E-state index >= 15 is 0 Å². The van der Waals surface area contributed by atoms with Crippen LogP contribution in [0.2, 0.25) is 0 Å². The Bertz CT molecular complexity index is 2780. The summed E-state index contributed by atoms with van der Waals surface area (Å²) < 4.78 is 36.1. The van der Waals surface area contributed by atoms with E-state index in [-0.39, 0.29) is 41.7 Å². The van der Waals surface area contributed by atoms with Crippen molar-refractivity contribution < 1.29 is 57.2 Å². The van der Waals surface area contributed by atoms with E-state index in [9.17, 15) is 28.8 Å². The highest BCUT2D eigenvalue weighted by Crippen LogP contribution is 2.41. The van der Waals surface area contributed by atoms with Crippen molar-refractivity contribution in [2.45, 2.75) is 167 Å². The molecule has 0 radical (unpaired) electrons. The van der Waals surface area contributed by atoms with Crippen LogP contribution in [0, 0.1) is 35.5 Å². The maximum atomic E-state index is 13.8. The molecule has 4 fully saturated rings. The third-order valence-electron chi connectivity index (χ3n) is 16.4. The summed E-state index contributed by atoms with van der Waals surface area (Å²) in [5.41, 5.74) is 2.01. The summed E-state index contributed by atoms with van der Waals surface area (Å²) in [5, 5.41) is 0.599. The van der Waals surface area contributed by atoms with E-state index in [0.717, 1.165) is 61.6 Å². The fourth-order valence-corrected chi connectivity index (χ4v) is 12.5. The van der Waals surface area contributed by atoms with E-state index in [1.165, 1.54) is 49.9 Å². The van der Waals surface area contributed by atoms with E-state index < -0.39 is 35.7 Å². The Kier molecular flexibility index (Phi) is 19.2. The Morgan fingerprint density at radius 1 is 0.468 bits per heavy atom. The Hall–Kier alpha value is -6.41. The standard InChI is InChI=1S/C63H73NO12S/c1-3-5-9-40-13-17-42(18-14-40)58(65)71-48-29-21-44(22-30-48)60(67)73-50-33-25-46(26-34-50)62(69)75-52-37-38-55(53(39-52)57-64-54-11-7-8-12-56(54)77-57)76-63(70)47-27-35-51(36-28-47)74-61(68)45-23-31-49(32-24-45)72-59(66)43-19-15-41(16-20-43)10-6-4-2/h7-8,11-12,21-24,29-32,37-43,46-47,50-51H,3-6,9-10,13-20,25-28,33-36H2,1-2H3/t40?,41?,42?,43?,46-,47-,50-,51-. The number of hydrogen-bond acceptors (Lipinski definition) is 14. The Morgan fingerprint density at radius 3 is 1.31 bits per heavy atom. The number of benzene rings is 4. The lowest BCUT2D eigenvalue weighted by atomic mass is 9.80. The van der Waals surface area contributed by atoms with Gasteiger partial charge in [-0.15, -0.1) is 11.3 Å². The fourth-order valence-electron chi connectivity index (χ4n) is 11.6. The van der Waals surface area contributed by atoms with E-state index in [0.29, 0.717) is 102 Å². The molecule has 0 aliphatic heterocycles. The van der Waals surface area contributed by atoms with Gasteiger partial charge in [0.05, 0.1) is 50.6 Å². The van der Waals surface area contributed by atoms with Crippen LogP contribution in [-0.4, -0.2) is 53.0 Å². The summed E-state index contributed by atoms with van der Waals surface area (Å²) in [6.07, 6.45) is 18.1. The van der Waals surface area contributed by atoms with Gasteiger partial charge in [0.2, 0.25) is 0 Å². The van der Waals surface area contributed by atoms with Crippen molar-refractivity contribution in [1.82, 2.24) is 4.98 Å². The van der Waals surface area contributed by atoms with Crippen LogP contribution in [0.5, 0.6) is 23.0 Å². The molecule has 408 valence electrons. The minimum atomic E-state index is -0.473. The fraction of sp³-hybridized carbons (Fsp3) is 0.508. The second-order valence-corrected chi connectivity index (χ2v) is 22.9. The molecule has 0 saturated heterocycles. The second-order valence-electron chi connectivity index (χ2n) is 21.9. The maximum absolute atomic E-state index is 13.8. The molecule has 4 aromatic carbocycles. The first-order valence-electron chi connectivity index (χ1n) is 28.5. The lowest BCUT2D eigenvalue weighted by Gasteiger charge is -2.27. The molecule has 4 saturated carbocycles. The molecule has 77 heavy (non-hydrogen) atoms. The van der Waals surface area contributed by atoms with Crippen LogP contribution in [0.15, 0.2) is 91.0 Å². The molecule has 0 N–H and O–H groups in total. The van der Waals surface area contributed by atoms with Gasteiger partial charge in [-0.25, -0.2) is 14.6 Å². The number of hydrogen-bond donors (Lipinski definition) is 0. The number of esters is 6. The predicted octanol–water partition coefficient (Wildman–Crippen LogP) is 14.4. The summed E-state index contributed by atoms with van der Waals surface area (Å²) in [6.45, 7) is 4.41. The SMILES string of the molecule is CCCCC1CCC(C(=O)Oc2ccc(C(=O)O[C@H]3CC[C@H](C(=O)Oc4ccc(OC(=O)[C@H]5CC[C@H](OC(=O)c6ccc(OC(=O)C7CCC(CCCC)CC7)cc6)CC5)c(-c5nc6ccccc6s5)c4)CC3)cc2)CC1. The van der Waals surface area contributed by atoms with E-state index in [1.807, 2.05) is 24.3 Å². The van der Waals surface area contributed by atoms with E-state index in [2.05, 4.69) is 13.8 Å². The smallest absolute Gasteiger partial charge is 0.338 e. The Balaban J connectivity index is 0.731. The first kappa shape index (κ1) is 55.3. The van der Waals surface area contributed by atoms with Gasteiger partial charge in [0.1, 0.15) is 40.2 Å². The van der Waals surface area contributed by atoms with Crippen LogP contribution in [0.25, 0.3) is 20.8 Å². The van der Waals surface area contributed by atoms with Gasteiger partial charge < -0.3 is 28.4 Å². The third-order valence-corrected chi connectivity index (χ3v) is 17.4. The van der Waals surface area contributed by atoms with Crippen LogP contribution >= 0.6 is 11.3 Å². The normalized spacial score (nSPS) is 23.5. The summed E-state index contributed by atoms with van der Waals surface area (Å²) in [6, 6.07) is 25.6. The first-order chi connectivity index (χ1) is 37.5. The van der Waals surface area contributed by atoms with Crippen molar-refractivity contribution in [2.75, 3.05) is 0 Å². The van der Waals surface area contributed by atoms with Gasteiger partial charge in [-0.1, -0.05) is 64.5 Å². The average molecular weight is 1070 g/mol. The molecule has 9 rings (SSSR count). The Morgan fingerprint density at radius 2 is 0.870 bits per heavy atom. The highest BCUT2D eigenvalue weighted by molar-refractivity contribution is 7.21. The van der Waals surface area contributed by atoms with Gasteiger partial charge >= 0.3 is 35.8 Å². The highest BCUT2D eigenvalue weighted by Gasteiger charge is 2.34. The summed E-state index contributed by atoms with van der Waals surface area (Å²) >= 11 is 1.44. The van der Waals surface area contributed by atoms with Gasteiger partial charge in [0, 0.05) is 0 Å². The van der Waals surface area contributed by atoms with Gasteiger partial charge in [0.25, 0.3) is 0 Å². The molecule has 0 spiro atoms. The minimum Gasteiger partial charge on any atom is -0.459 e. The largest absolute Gasteiger partial charge is 0.459 e. The first-order valence-corrected chi connectivity index (χ1v) is 29.3. The molecule has 0 atom stereocenters. The number of thiazole rings is 1. The number of carbonyl (C=O) groups excluding carboxylic acids is 6. The van der Waals surface area contributed by atoms with Crippen LogP contribution in [0.3, 0.4) is 0 Å². The average Bonchev–Trinajstić information content (AvgIpc) is 3.90. The quantitative estimate of drug-likeness (QED) is 0.0566.